The number of carbonyl (C=O) groups is 1. The van der Waals surface area contributed by atoms with Crippen molar-refractivity contribution in [2.24, 2.45) is 0 Å². The van der Waals surface area contributed by atoms with Gasteiger partial charge in [-0.05, 0) is 48.2 Å². The number of halogens is 2. The molecule has 3 rings (SSSR count). The van der Waals surface area contributed by atoms with E-state index in [-0.39, 0.29) is 17.6 Å². The molecule has 27 heavy (non-hydrogen) atoms. The first kappa shape index (κ1) is 20.3. The number of ether oxygens (including phenoxy) is 1. The van der Waals surface area contributed by atoms with Crippen LogP contribution in [0.15, 0.2) is 42.5 Å². The van der Waals surface area contributed by atoms with E-state index in [1.807, 2.05) is 24.3 Å². The van der Waals surface area contributed by atoms with Crippen LogP contribution in [0.5, 0.6) is 0 Å². The first-order valence-electron chi connectivity index (χ1n) is 8.79. The standard InChI is InChI=1S/C20H21Cl2NO3S/c21-18-5-4-14(11-19(18)22)12-20(24)23-16-3-1-2-15(10-16)13-27(25)17-6-8-26-9-7-17/h1-5,10-11,17H,6-9,12-13H2,(H,23,24). The minimum atomic E-state index is -0.935. The first-order chi connectivity index (χ1) is 13.0. The normalized spacial score (nSPS) is 16.1. The van der Waals surface area contributed by atoms with Crippen LogP contribution >= 0.6 is 23.2 Å². The zero-order chi connectivity index (χ0) is 19.2. The molecule has 144 valence electrons. The van der Waals surface area contributed by atoms with Crippen molar-refractivity contribution in [2.75, 3.05) is 18.5 Å². The Bertz CT molecular complexity index is 838. The molecule has 1 fully saturated rings. The summed E-state index contributed by atoms with van der Waals surface area (Å²) in [7, 11) is -0.935. The number of carbonyl (C=O) groups excluding carboxylic acids is 1. The fourth-order valence-corrected chi connectivity index (χ4v) is 4.78. The molecule has 1 N–H and O–H groups in total. The summed E-state index contributed by atoms with van der Waals surface area (Å²) in [6, 6.07) is 12.7. The zero-order valence-electron chi connectivity index (χ0n) is 14.8. The van der Waals surface area contributed by atoms with Gasteiger partial charge in [0.25, 0.3) is 0 Å². The van der Waals surface area contributed by atoms with Gasteiger partial charge in [0.15, 0.2) is 0 Å². The molecule has 0 spiro atoms. The van der Waals surface area contributed by atoms with E-state index in [9.17, 15) is 9.00 Å². The van der Waals surface area contributed by atoms with Crippen molar-refractivity contribution < 1.29 is 13.7 Å². The number of anilines is 1. The third kappa shape index (κ3) is 6.04. The Kier molecular flexibility index (Phi) is 7.30. The highest BCUT2D eigenvalue weighted by atomic mass is 35.5. The van der Waals surface area contributed by atoms with Crippen molar-refractivity contribution >= 4 is 45.6 Å². The van der Waals surface area contributed by atoms with E-state index < -0.39 is 10.8 Å². The number of amides is 1. The summed E-state index contributed by atoms with van der Waals surface area (Å²) in [5.74, 6) is 0.345. The van der Waals surface area contributed by atoms with Crippen LogP contribution in [0.1, 0.15) is 24.0 Å². The summed E-state index contributed by atoms with van der Waals surface area (Å²) >= 11 is 11.9. The molecular weight excluding hydrogens is 405 g/mol. The summed E-state index contributed by atoms with van der Waals surface area (Å²) in [4.78, 5) is 12.3. The molecule has 0 radical (unpaired) electrons. The van der Waals surface area contributed by atoms with Crippen LogP contribution in [0.4, 0.5) is 5.69 Å². The Morgan fingerprint density at radius 1 is 1.07 bits per heavy atom. The van der Waals surface area contributed by atoms with E-state index in [0.29, 0.717) is 34.7 Å². The topological polar surface area (TPSA) is 55.4 Å². The summed E-state index contributed by atoms with van der Waals surface area (Å²) in [6.45, 7) is 1.36. The number of rotatable bonds is 6. The Morgan fingerprint density at radius 3 is 2.59 bits per heavy atom. The molecular formula is C20H21Cl2NO3S. The third-order valence-corrected chi connectivity index (χ3v) is 6.98. The maximum Gasteiger partial charge on any atom is 0.228 e. The van der Waals surface area contributed by atoms with Crippen LogP contribution in [-0.2, 0) is 32.5 Å². The highest BCUT2D eigenvalue weighted by molar-refractivity contribution is 7.84. The monoisotopic (exact) mass is 425 g/mol. The molecule has 4 nitrogen and oxygen atoms in total. The fourth-order valence-electron chi connectivity index (χ4n) is 3.00. The van der Waals surface area contributed by atoms with E-state index in [4.69, 9.17) is 27.9 Å². The van der Waals surface area contributed by atoms with E-state index in [0.717, 1.165) is 24.0 Å². The van der Waals surface area contributed by atoms with E-state index in [1.165, 1.54) is 0 Å². The number of hydrogen-bond donors (Lipinski definition) is 1. The molecule has 0 aliphatic carbocycles. The average molecular weight is 426 g/mol. The van der Waals surface area contributed by atoms with E-state index in [1.54, 1.807) is 18.2 Å². The van der Waals surface area contributed by atoms with Gasteiger partial charge in [-0.1, -0.05) is 41.4 Å². The van der Waals surface area contributed by atoms with Crippen molar-refractivity contribution in [3.63, 3.8) is 0 Å². The molecule has 0 aromatic heterocycles. The minimum Gasteiger partial charge on any atom is -0.381 e. The van der Waals surface area contributed by atoms with Crippen LogP contribution < -0.4 is 5.32 Å². The molecule has 0 saturated carbocycles. The smallest absolute Gasteiger partial charge is 0.228 e. The molecule has 7 heteroatoms. The van der Waals surface area contributed by atoms with Crippen LogP contribution in [0, 0.1) is 0 Å². The van der Waals surface area contributed by atoms with Gasteiger partial charge in [-0.25, -0.2) is 0 Å². The second kappa shape index (κ2) is 9.69. The Morgan fingerprint density at radius 2 is 1.85 bits per heavy atom. The van der Waals surface area contributed by atoms with Gasteiger partial charge in [-0.15, -0.1) is 0 Å². The number of nitrogens with one attached hydrogen (secondary N) is 1. The summed E-state index contributed by atoms with van der Waals surface area (Å²) in [6.07, 6.45) is 1.88. The maximum absolute atomic E-state index is 12.5. The third-order valence-electron chi connectivity index (χ3n) is 4.41. The van der Waals surface area contributed by atoms with Gasteiger partial charge >= 0.3 is 0 Å². The second-order valence-electron chi connectivity index (χ2n) is 6.51. The Hall–Kier alpha value is -1.40. The van der Waals surface area contributed by atoms with E-state index in [2.05, 4.69) is 5.32 Å². The predicted molar refractivity (Wildman–Crippen MR) is 111 cm³/mol. The maximum atomic E-state index is 12.5. The molecule has 1 heterocycles. The zero-order valence-corrected chi connectivity index (χ0v) is 17.1. The van der Waals surface area contributed by atoms with Crippen molar-refractivity contribution in [1.82, 2.24) is 0 Å². The van der Waals surface area contributed by atoms with Crippen molar-refractivity contribution in [3.8, 4) is 0 Å². The largest absolute Gasteiger partial charge is 0.381 e. The summed E-state index contributed by atoms with van der Waals surface area (Å²) in [5.41, 5.74) is 2.44. The van der Waals surface area contributed by atoms with Gasteiger partial charge in [0, 0.05) is 40.7 Å². The van der Waals surface area contributed by atoms with Gasteiger partial charge in [-0.3, -0.25) is 9.00 Å². The Labute approximate surface area is 171 Å². The van der Waals surface area contributed by atoms with Crippen LogP contribution in [-0.4, -0.2) is 28.6 Å². The second-order valence-corrected chi connectivity index (χ2v) is 9.04. The minimum absolute atomic E-state index is 0.143. The van der Waals surface area contributed by atoms with Gasteiger partial charge in [0.05, 0.1) is 16.5 Å². The average Bonchev–Trinajstić information content (AvgIpc) is 2.65. The van der Waals surface area contributed by atoms with Gasteiger partial charge in [0.2, 0.25) is 5.91 Å². The first-order valence-corrected chi connectivity index (χ1v) is 10.9. The van der Waals surface area contributed by atoms with Crippen molar-refractivity contribution in [3.05, 3.63) is 63.6 Å². The fraction of sp³-hybridized carbons (Fsp3) is 0.350. The molecule has 1 atom stereocenters. The van der Waals surface area contributed by atoms with Gasteiger partial charge < -0.3 is 10.1 Å². The highest BCUT2D eigenvalue weighted by Gasteiger charge is 2.20. The molecule has 2 aromatic carbocycles. The summed E-state index contributed by atoms with van der Waals surface area (Å²) < 4.78 is 17.9. The molecule has 0 bridgehead atoms. The highest BCUT2D eigenvalue weighted by Crippen LogP contribution is 2.23. The lowest BCUT2D eigenvalue weighted by Crippen LogP contribution is -2.25. The quantitative estimate of drug-likeness (QED) is 0.735. The predicted octanol–water partition coefficient (Wildman–Crippen LogP) is 4.60. The van der Waals surface area contributed by atoms with Crippen molar-refractivity contribution in [1.29, 1.82) is 0 Å². The number of benzene rings is 2. The number of hydrogen-bond acceptors (Lipinski definition) is 3. The van der Waals surface area contributed by atoms with Gasteiger partial charge in [0.1, 0.15) is 0 Å². The lowest BCUT2D eigenvalue weighted by Gasteiger charge is -2.21. The molecule has 1 unspecified atom stereocenters. The molecule has 1 aliphatic heterocycles. The van der Waals surface area contributed by atoms with Gasteiger partial charge in [-0.2, -0.15) is 0 Å². The lowest BCUT2D eigenvalue weighted by atomic mass is 10.1. The van der Waals surface area contributed by atoms with Crippen LogP contribution in [0.25, 0.3) is 0 Å². The summed E-state index contributed by atoms with van der Waals surface area (Å²) in [5, 5.41) is 3.96. The van der Waals surface area contributed by atoms with Crippen LogP contribution in [0.2, 0.25) is 10.0 Å². The molecule has 1 saturated heterocycles. The lowest BCUT2D eigenvalue weighted by molar-refractivity contribution is -0.115. The molecule has 1 amide bonds. The van der Waals surface area contributed by atoms with Crippen molar-refractivity contribution in [2.45, 2.75) is 30.3 Å². The Balaban J connectivity index is 1.58. The molecule has 1 aliphatic rings. The SMILES string of the molecule is O=C(Cc1ccc(Cl)c(Cl)c1)Nc1cccc(CS(=O)C2CCOCC2)c1. The van der Waals surface area contributed by atoms with Crippen LogP contribution in [0.3, 0.4) is 0 Å². The van der Waals surface area contributed by atoms with E-state index >= 15 is 0 Å². The molecule has 2 aromatic rings.